The van der Waals surface area contributed by atoms with Gasteiger partial charge in [-0.05, 0) is 12.0 Å². The van der Waals surface area contributed by atoms with Crippen molar-refractivity contribution in [2.45, 2.75) is 32.2 Å². The zero-order valence-corrected chi connectivity index (χ0v) is 9.44. The molecule has 0 aliphatic carbocycles. The van der Waals surface area contributed by atoms with Crippen molar-refractivity contribution in [1.29, 1.82) is 0 Å². The average Bonchev–Trinajstić information content (AvgIpc) is 2.18. The van der Waals surface area contributed by atoms with Crippen molar-refractivity contribution in [3.05, 3.63) is 35.4 Å². The predicted octanol–water partition coefficient (Wildman–Crippen LogP) is 3.85. The third kappa shape index (κ3) is 4.14. The van der Waals surface area contributed by atoms with Gasteiger partial charge in [0.2, 0.25) is 0 Å². The van der Waals surface area contributed by atoms with Crippen LogP contribution in [0.25, 0.3) is 0 Å². The van der Waals surface area contributed by atoms with E-state index in [1.165, 1.54) is 12.1 Å². The van der Waals surface area contributed by atoms with Crippen LogP contribution in [-0.2, 0) is 0 Å². The smallest absolute Gasteiger partial charge is 0.263 e. The van der Waals surface area contributed by atoms with Crippen molar-refractivity contribution >= 4 is 12.4 Å². The van der Waals surface area contributed by atoms with Crippen LogP contribution in [0.2, 0.25) is 0 Å². The number of nitrogens with two attached hydrogens (primary N) is 1. The molecule has 86 valence electrons. The fourth-order valence-electron chi connectivity index (χ4n) is 1.37. The second-order valence-electron chi connectivity index (χ2n) is 3.36. The maximum Gasteiger partial charge on any atom is 0.263 e. The van der Waals surface area contributed by atoms with E-state index in [0.29, 0.717) is 0 Å². The zero-order valence-electron chi connectivity index (χ0n) is 8.62. The van der Waals surface area contributed by atoms with E-state index >= 15 is 0 Å². The van der Waals surface area contributed by atoms with Gasteiger partial charge in [-0.15, -0.1) is 12.4 Å². The minimum Gasteiger partial charge on any atom is -0.324 e. The van der Waals surface area contributed by atoms with Crippen LogP contribution in [0.4, 0.5) is 8.78 Å². The molecule has 1 rings (SSSR count). The first-order valence-electron chi connectivity index (χ1n) is 4.78. The summed E-state index contributed by atoms with van der Waals surface area (Å²) in [6, 6.07) is 6.21. The molecule has 1 nitrogen and oxygen atoms in total. The summed E-state index contributed by atoms with van der Waals surface area (Å²) in [6.45, 7) is 2.05. The van der Waals surface area contributed by atoms with Gasteiger partial charge in [0.1, 0.15) is 0 Å². The number of halogens is 3. The average molecular weight is 236 g/mol. The lowest BCUT2D eigenvalue weighted by molar-refractivity contribution is 0.151. The maximum absolute atomic E-state index is 12.2. The van der Waals surface area contributed by atoms with Crippen LogP contribution in [0.5, 0.6) is 0 Å². The first-order chi connectivity index (χ1) is 6.65. The molecule has 1 aromatic carbocycles. The Kier molecular flexibility index (Phi) is 6.45. The van der Waals surface area contributed by atoms with Gasteiger partial charge in [-0.25, -0.2) is 8.78 Å². The topological polar surface area (TPSA) is 26.0 Å². The van der Waals surface area contributed by atoms with E-state index in [2.05, 4.69) is 0 Å². The molecule has 2 N–H and O–H groups in total. The number of hydrogen-bond acceptors (Lipinski definition) is 1. The van der Waals surface area contributed by atoms with Crippen molar-refractivity contribution in [3.63, 3.8) is 0 Å². The molecule has 0 unspecified atom stereocenters. The number of benzene rings is 1. The first-order valence-corrected chi connectivity index (χ1v) is 4.78. The van der Waals surface area contributed by atoms with Crippen LogP contribution in [0.3, 0.4) is 0 Å². The molecule has 1 aromatic rings. The van der Waals surface area contributed by atoms with Gasteiger partial charge >= 0.3 is 0 Å². The Morgan fingerprint density at radius 1 is 1.13 bits per heavy atom. The van der Waals surface area contributed by atoms with Gasteiger partial charge in [0.25, 0.3) is 6.43 Å². The molecule has 0 aromatic heterocycles. The molecular formula is C11H16ClF2N. The Morgan fingerprint density at radius 3 is 2.00 bits per heavy atom. The quantitative estimate of drug-likeness (QED) is 0.843. The zero-order chi connectivity index (χ0) is 10.6. The standard InChI is InChI=1S/C11H15F2N.ClH/c1-2-3-10(14)8-4-6-9(7-5-8)11(12)13;/h4-7,10-11H,2-3,14H2,1H3;1H/t10-;/m0./s1. The minimum atomic E-state index is -2.40. The minimum absolute atomic E-state index is 0. The normalized spacial score (nSPS) is 12.3. The van der Waals surface area contributed by atoms with Crippen LogP contribution in [-0.4, -0.2) is 0 Å². The maximum atomic E-state index is 12.2. The second kappa shape index (κ2) is 6.75. The van der Waals surface area contributed by atoms with Crippen molar-refractivity contribution in [3.8, 4) is 0 Å². The Balaban J connectivity index is 0.00000196. The third-order valence-corrected chi connectivity index (χ3v) is 2.22. The molecule has 15 heavy (non-hydrogen) atoms. The summed E-state index contributed by atoms with van der Waals surface area (Å²) in [5, 5.41) is 0. The molecule has 0 bridgehead atoms. The number of rotatable bonds is 4. The molecule has 0 radical (unpaired) electrons. The molecule has 0 spiro atoms. The van der Waals surface area contributed by atoms with Gasteiger partial charge in [0, 0.05) is 11.6 Å². The van der Waals surface area contributed by atoms with E-state index in [0.717, 1.165) is 18.4 Å². The van der Waals surface area contributed by atoms with E-state index in [1.807, 2.05) is 6.92 Å². The highest BCUT2D eigenvalue weighted by molar-refractivity contribution is 5.85. The summed E-state index contributed by atoms with van der Waals surface area (Å²) >= 11 is 0. The fourth-order valence-corrected chi connectivity index (χ4v) is 1.37. The van der Waals surface area contributed by atoms with E-state index in [9.17, 15) is 8.78 Å². The lowest BCUT2D eigenvalue weighted by atomic mass is 10.0. The SMILES string of the molecule is CCC[C@H](N)c1ccc(C(F)F)cc1.Cl. The van der Waals surface area contributed by atoms with Crippen molar-refractivity contribution in [1.82, 2.24) is 0 Å². The van der Waals surface area contributed by atoms with Crippen molar-refractivity contribution < 1.29 is 8.78 Å². The second-order valence-corrected chi connectivity index (χ2v) is 3.36. The summed E-state index contributed by atoms with van der Waals surface area (Å²) in [5.74, 6) is 0. The lowest BCUT2D eigenvalue weighted by Gasteiger charge is -2.10. The summed E-state index contributed by atoms with van der Waals surface area (Å²) < 4.78 is 24.4. The Bertz CT molecular complexity index is 274. The summed E-state index contributed by atoms with van der Waals surface area (Å²) in [7, 11) is 0. The monoisotopic (exact) mass is 235 g/mol. The molecule has 0 saturated heterocycles. The third-order valence-electron chi connectivity index (χ3n) is 2.22. The molecule has 0 heterocycles. The molecule has 0 saturated carbocycles. The van der Waals surface area contributed by atoms with Crippen LogP contribution < -0.4 is 5.73 Å². The van der Waals surface area contributed by atoms with Gasteiger partial charge in [0.15, 0.2) is 0 Å². The highest BCUT2D eigenvalue weighted by Crippen LogP contribution is 2.21. The fraction of sp³-hybridized carbons (Fsp3) is 0.455. The van der Waals surface area contributed by atoms with Crippen LogP contribution in [0, 0.1) is 0 Å². The van der Waals surface area contributed by atoms with Gasteiger partial charge in [-0.3, -0.25) is 0 Å². The molecular weight excluding hydrogens is 220 g/mol. The van der Waals surface area contributed by atoms with Gasteiger partial charge in [-0.2, -0.15) is 0 Å². The van der Waals surface area contributed by atoms with Crippen LogP contribution in [0.1, 0.15) is 43.4 Å². The largest absolute Gasteiger partial charge is 0.324 e. The predicted molar refractivity (Wildman–Crippen MR) is 60.5 cm³/mol. The van der Waals surface area contributed by atoms with Crippen molar-refractivity contribution in [2.75, 3.05) is 0 Å². The van der Waals surface area contributed by atoms with E-state index in [-0.39, 0.29) is 24.0 Å². The molecule has 4 heteroatoms. The highest BCUT2D eigenvalue weighted by Gasteiger charge is 2.08. The molecule has 0 aliphatic rings. The molecule has 1 atom stereocenters. The van der Waals surface area contributed by atoms with Crippen LogP contribution >= 0.6 is 12.4 Å². The van der Waals surface area contributed by atoms with Crippen molar-refractivity contribution in [2.24, 2.45) is 5.73 Å². The Hall–Kier alpha value is -0.670. The number of hydrogen-bond donors (Lipinski definition) is 1. The highest BCUT2D eigenvalue weighted by atomic mass is 35.5. The summed E-state index contributed by atoms with van der Waals surface area (Å²) in [5.41, 5.74) is 6.82. The summed E-state index contributed by atoms with van der Waals surface area (Å²) in [4.78, 5) is 0. The first kappa shape index (κ1) is 14.3. The molecule has 0 amide bonds. The Labute approximate surface area is 95.1 Å². The molecule has 0 aliphatic heterocycles. The Morgan fingerprint density at radius 2 is 1.60 bits per heavy atom. The van der Waals surface area contributed by atoms with Crippen LogP contribution in [0.15, 0.2) is 24.3 Å². The van der Waals surface area contributed by atoms with E-state index in [1.54, 1.807) is 12.1 Å². The lowest BCUT2D eigenvalue weighted by Crippen LogP contribution is -2.09. The van der Waals surface area contributed by atoms with E-state index < -0.39 is 6.43 Å². The van der Waals surface area contributed by atoms with Gasteiger partial charge in [-0.1, -0.05) is 37.6 Å². The number of alkyl halides is 2. The molecule has 0 fully saturated rings. The van der Waals surface area contributed by atoms with E-state index in [4.69, 9.17) is 5.73 Å². The summed E-state index contributed by atoms with van der Waals surface area (Å²) in [6.07, 6.45) is -0.516. The van der Waals surface area contributed by atoms with Gasteiger partial charge in [0.05, 0.1) is 0 Å². The van der Waals surface area contributed by atoms with Gasteiger partial charge < -0.3 is 5.73 Å².